The molecule has 23 heavy (non-hydrogen) atoms. The van der Waals surface area contributed by atoms with Gasteiger partial charge in [-0.05, 0) is 43.9 Å². The third kappa shape index (κ3) is 3.46. The van der Waals surface area contributed by atoms with Crippen molar-refractivity contribution in [2.75, 3.05) is 33.1 Å². The number of nitrogens with zero attached hydrogens (tertiary/aromatic N) is 2. The van der Waals surface area contributed by atoms with Crippen molar-refractivity contribution in [2.45, 2.75) is 6.04 Å². The van der Waals surface area contributed by atoms with E-state index >= 15 is 0 Å². The summed E-state index contributed by atoms with van der Waals surface area (Å²) in [5.41, 5.74) is 2.83. The zero-order valence-corrected chi connectivity index (χ0v) is 13.6. The van der Waals surface area contributed by atoms with Gasteiger partial charge in [0.05, 0.1) is 13.2 Å². The lowest BCUT2D eigenvalue weighted by molar-refractivity contribution is 0.309. The smallest absolute Gasteiger partial charge is 0.295 e. The van der Waals surface area contributed by atoms with Gasteiger partial charge in [0.15, 0.2) is 5.58 Å². The van der Waals surface area contributed by atoms with Gasteiger partial charge in [0, 0.05) is 6.54 Å². The molecule has 0 fully saturated rings. The molecule has 120 valence electrons. The Kier molecular flexibility index (Phi) is 4.48. The van der Waals surface area contributed by atoms with Crippen LogP contribution in [-0.4, -0.2) is 37.6 Å². The van der Waals surface area contributed by atoms with Crippen LogP contribution in [0, 0.1) is 0 Å². The molecule has 0 bridgehead atoms. The van der Waals surface area contributed by atoms with Crippen LogP contribution in [0.5, 0.6) is 5.75 Å². The number of rotatable bonds is 6. The van der Waals surface area contributed by atoms with Gasteiger partial charge in [-0.3, -0.25) is 0 Å². The Bertz CT molecular complexity index is 750. The highest BCUT2D eigenvalue weighted by molar-refractivity contribution is 5.74. The SMILES string of the molecule is COc1cccc([C@@H](CNc2nc3ccccc3o2)N(C)C)c1. The number of methoxy groups -OCH3 is 1. The van der Waals surface area contributed by atoms with E-state index in [9.17, 15) is 0 Å². The zero-order valence-electron chi connectivity index (χ0n) is 13.6. The molecule has 5 heteroatoms. The highest BCUT2D eigenvalue weighted by atomic mass is 16.5. The molecule has 3 rings (SSSR count). The highest BCUT2D eigenvalue weighted by Crippen LogP contribution is 2.24. The van der Waals surface area contributed by atoms with E-state index in [2.05, 4.69) is 41.4 Å². The summed E-state index contributed by atoms with van der Waals surface area (Å²) in [6.45, 7) is 0.687. The lowest BCUT2D eigenvalue weighted by Gasteiger charge is -2.25. The van der Waals surface area contributed by atoms with Crippen molar-refractivity contribution >= 4 is 17.1 Å². The average molecular weight is 311 g/mol. The third-order valence-corrected chi connectivity index (χ3v) is 3.84. The summed E-state index contributed by atoms with van der Waals surface area (Å²) in [6.07, 6.45) is 0. The molecule has 0 spiro atoms. The van der Waals surface area contributed by atoms with Crippen LogP contribution < -0.4 is 10.1 Å². The number of para-hydroxylation sites is 2. The van der Waals surface area contributed by atoms with Gasteiger partial charge in [-0.1, -0.05) is 24.3 Å². The molecule has 0 aliphatic rings. The Morgan fingerprint density at radius 1 is 1.17 bits per heavy atom. The molecule has 5 nitrogen and oxygen atoms in total. The first-order valence-electron chi connectivity index (χ1n) is 7.57. The summed E-state index contributed by atoms with van der Waals surface area (Å²) in [4.78, 5) is 6.61. The highest BCUT2D eigenvalue weighted by Gasteiger charge is 2.16. The maximum Gasteiger partial charge on any atom is 0.295 e. The molecule has 1 heterocycles. The number of anilines is 1. The monoisotopic (exact) mass is 311 g/mol. The Labute approximate surface area is 135 Å². The van der Waals surface area contributed by atoms with Crippen LogP contribution in [0.4, 0.5) is 6.01 Å². The van der Waals surface area contributed by atoms with Crippen LogP contribution in [0.2, 0.25) is 0 Å². The van der Waals surface area contributed by atoms with Crippen LogP contribution in [0.3, 0.4) is 0 Å². The minimum atomic E-state index is 0.181. The van der Waals surface area contributed by atoms with Gasteiger partial charge in [0.2, 0.25) is 0 Å². The standard InChI is InChI=1S/C18H21N3O2/c1-21(2)16(13-7-6-8-14(11-13)22-3)12-19-18-20-15-9-4-5-10-17(15)23-18/h4-11,16H,12H2,1-3H3,(H,19,20)/t16-/m1/s1. The minimum Gasteiger partial charge on any atom is -0.497 e. The Balaban J connectivity index is 1.76. The molecule has 1 aromatic heterocycles. The molecule has 0 amide bonds. The van der Waals surface area contributed by atoms with E-state index in [0.29, 0.717) is 12.6 Å². The fourth-order valence-electron chi connectivity index (χ4n) is 2.58. The van der Waals surface area contributed by atoms with Crippen molar-refractivity contribution < 1.29 is 9.15 Å². The fourth-order valence-corrected chi connectivity index (χ4v) is 2.58. The number of ether oxygens (including phenoxy) is 1. The van der Waals surface area contributed by atoms with Crippen molar-refractivity contribution in [3.05, 3.63) is 54.1 Å². The number of nitrogens with one attached hydrogen (secondary N) is 1. The number of benzene rings is 2. The van der Waals surface area contributed by atoms with Gasteiger partial charge in [-0.25, -0.2) is 0 Å². The van der Waals surface area contributed by atoms with E-state index in [-0.39, 0.29) is 6.04 Å². The molecule has 0 radical (unpaired) electrons. The van der Waals surface area contributed by atoms with Gasteiger partial charge in [0.25, 0.3) is 6.01 Å². The third-order valence-electron chi connectivity index (χ3n) is 3.84. The number of hydrogen-bond acceptors (Lipinski definition) is 5. The normalized spacial score (nSPS) is 12.5. The quantitative estimate of drug-likeness (QED) is 0.754. The van der Waals surface area contributed by atoms with Crippen molar-refractivity contribution in [2.24, 2.45) is 0 Å². The van der Waals surface area contributed by atoms with Gasteiger partial charge < -0.3 is 19.4 Å². The summed E-state index contributed by atoms with van der Waals surface area (Å²) in [6, 6.07) is 16.6. The second-order valence-electron chi connectivity index (χ2n) is 5.62. The van der Waals surface area contributed by atoms with Crippen LogP contribution in [0.1, 0.15) is 11.6 Å². The fraction of sp³-hybridized carbons (Fsp3) is 0.278. The number of oxazole rings is 1. The first-order chi connectivity index (χ1) is 11.2. The molecule has 0 saturated heterocycles. The van der Waals surface area contributed by atoms with Crippen molar-refractivity contribution in [3.8, 4) is 5.75 Å². The predicted molar refractivity (Wildman–Crippen MR) is 91.9 cm³/mol. The molecule has 0 aliphatic heterocycles. The van der Waals surface area contributed by atoms with E-state index in [1.165, 1.54) is 5.56 Å². The largest absolute Gasteiger partial charge is 0.497 e. The Hall–Kier alpha value is -2.53. The lowest BCUT2D eigenvalue weighted by atomic mass is 10.1. The lowest BCUT2D eigenvalue weighted by Crippen LogP contribution is -2.26. The molecule has 1 N–H and O–H groups in total. The van der Waals surface area contributed by atoms with E-state index in [0.717, 1.165) is 16.8 Å². The summed E-state index contributed by atoms with van der Waals surface area (Å²) < 4.78 is 11.0. The maximum atomic E-state index is 5.71. The molecular weight excluding hydrogens is 290 g/mol. The number of fused-ring (bicyclic) bond motifs is 1. The topological polar surface area (TPSA) is 50.5 Å². The predicted octanol–water partition coefficient (Wildman–Crippen LogP) is 3.55. The molecule has 2 aromatic carbocycles. The van der Waals surface area contributed by atoms with Gasteiger partial charge in [-0.2, -0.15) is 4.98 Å². The average Bonchev–Trinajstić information content (AvgIpc) is 2.97. The van der Waals surface area contributed by atoms with Crippen LogP contribution in [-0.2, 0) is 0 Å². The number of likely N-dealkylation sites (N-methyl/N-ethyl adjacent to an activating group) is 1. The second kappa shape index (κ2) is 6.71. The summed E-state index contributed by atoms with van der Waals surface area (Å²) in [5, 5.41) is 3.29. The van der Waals surface area contributed by atoms with Gasteiger partial charge in [-0.15, -0.1) is 0 Å². The number of hydrogen-bond donors (Lipinski definition) is 1. The first kappa shape index (κ1) is 15.4. The van der Waals surface area contributed by atoms with E-state index in [4.69, 9.17) is 9.15 Å². The first-order valence-corrected chi connectivity index (χ1v) is 7.57. The molecule has 0 aliphatic carbocycles. The van der Waals surface area contributed by atoms with Crippen LogP contribution >= 0.6 is 0 Å². The van der Waals surface area contributed by atoms with E-state index < -0.39 is 0 Å². The molecule has 1 atom stereocenters. The molecule has 0 unspecified atom stereocenters. The summed E-state index contributed by atoms with van der Waals surface area (Å²) in [5.74, 6) is 0.858. The zero-order chi connectivity index (χ0) is 16.2. The summed E-state index contributed by atoms with van der Waals surface area (Å²) in [7, 11) is 5.79. The number of aromatic nitrogens is 1. The Morgan fingerprint density at radius 2 is 2.00 bits per heavy atom. The van der Waals surface area contributed by atoms with Crippen molar-refractivity contribution in [3.63, 3.8) is 0 Å². The van der Waals surface area contributed by atoms with E-state index in [1.807, 2.05) is 36.4 Å². The summed E-state index contributed by atoms with van der Waals surface area (Å²) >= 11 is 0. The van der Waals surface area contributed by atoms with Crippen molar-refractivity contribution in [1.82, 2.24) is 9.88 Å². The van der Waals surface area contributed by atoms with Crippen molar-refractivity contribution in [1.29, 1.82) is 0 Å². The minimum absolute atomic E-state index is 0.181. The molecule has 3 aromatic rings. The molecular formula is C18H21N3O2. The van der Waals surface area contributed by atoms with E-state index in [1.54, 1.807) is 7.11 Å². The molecule has 0 saturated carbocycles. The maximum absolute atomic E-state index is 5.71. The van der Waals surface area contributed by atoms with Gasteiger partial charge >= 0.3 is 0 Å². The Morgan fingerprint density at radius 3 is 2.74 bits per heavy atom. The second-order valence-corrected chi connectivity index (χ2v) is 5.62. The van der Waals surface area contributed by atoms with Crippen LogP contribution in [0.25, 0.3) is 11.1 Å². The van der Waals surface area contributed by atoms with Gasteiger partial charge in [0.1, 0.15) is 11.3 Å². The van der Waals surface area contributed by atoms with Crippen LogP contribution in [0.15, 0.2) is 52.9 Å².